The minimum absolute atomic E-state index is 0.0316. The summed E-state index contributed by atoms with van der Waals surface area (Å²) in [5.41, 5.74) is -1.36. The summed E-state index contributed by atoms with van der Waals surface area (Å²) in [6, 6.07) is 5.65. The van der Waals surface area contributed by atoms with E-state index >= 15 is 0 Å². The van der Waals surface area contributed by atoms with Crippen LogP contribution in [0.1, 0.15) is 62.7 Å². The third kappa shape index (κ3) is 6.38. The number of amides is 1. The first-order chi connectivity index (χ1) is 21.4. The Hall–Kier alpha value is -2.58. The van der Waals surface area contributed by atoms with Gasteiger partial charge in [-0.1, -0.05) is 41.0 Å². The van der Waals surface area contributed by atoms with Crippen LogP contribution in [0.4, 0.5) is 5.69 Å². The third-order valence-corrected chi connectivity index (χ3v) is 12.2. The lowest BCUT2D eigenvalue weighted by Gasteiger charge is -2.62. The number of rotatable bonds is 9. The SMILES string of the molecule is CNC(=O)c1ccc(N=NC2[C@H](O)[C@H]3[C@@H](CCC4=CC(=O)CC[C@@]43C)[C@@H]3CC[C@](O)(C(=O)CO)[C@@]23C)cc1.CSSCOC=O. The van der Waals surface area contributed by atoms with E-state index < -0.39 is 35.6 Å². The van der Waals surface area contributed by atoms with E-state index in [4.69, 9.17) is 0 Å². The van der Waals surface area contributed by atoms with Gasteiger partial charge in [0, 0.05) is 24.4 Å². The molecule has 1 amide bonds. The molecule has 1 aromatic rings. The Morgan fingerprint density at radius 1 is 1.16 bits per heavy atom. The highest BCUT2D eigenvalue weighted by Gasteiger charge is 2.72. The largest absolute Gasteiger partial charge is 0.456 e. The summed E-state index contributed by atoms with van der Waals surface area (Å²) in [5, 5.41) is 45.3. The molecule has 13 heteroatoms. The summed E-state index contributed by atoms with van der Waals surface area (Å²) in [6.07, 6.45) is 6.00. The first-order valence-corrected chi connectivity index (χ1v) is 17.9. The Bertz CT molecular complexity index is 1340. The zero-order valence-electron chi connectivity index (χ0n) is 26.1. The lowest BCUT2D eigenvalue weighted by Crippen LogP contribution is -2.68. The molecule has 0 bridgehead atoms. The van der Waals surface area contributed by atoms with E-state index in [1.165, 1.54) is 10.8 Å². The molecule has 3 fully saturated rings. The fraction of sp³-hybridized carbons (Fsp3) is 0.625. The number of Topliss-reactive ketones (excluding diaryl/α,β-unsaturated/α-hetero) is 1. The number of nitrogens with one attached hydrogen (secondary N) is 1. The number of hydrogen-bond acceptors (Lipinski definition) is 12. The number of benzene rings is 1. The molecule has 4 N–H and O–H groups in total. The fourth-order valence-corrected chi connectivity index (χ4v) is 9.16. The van der Waals surface area contributed by atoms with Crippen LogP contribution in [-0.4, -0.2) is 82.9 Å². The lowest BCUT2D eigenvalue weighted by molar-refractivity contribution is -0.190. The second-order valence-electron chi connectivity index (χ2n) is 12.6. The molecule has 0 spiro atoms. The van der Waals surface area contributed by atoms with Gasteiger partial charge in [0.15, 0.2) is 11.6 Å². The van der Waals surface area contributed by atoms with Crippen LogP contribution in [-0.2, 0) is 19.1 Å². The number of carbonyl (C=O) groups is 4. The number of ether oxygens (including phenoxy) is 1. The van der Waals surface area contributed by atoms with Gasteiger partial charge in [-0.05, 0) is 91.9 Å². The van der Waals surface area contributed by atoms with Crippen molar-refractivity contribution in [1.29, 1.82) is 0 Å². The maximum atomic E-state index is 13.0. The highest BCUT2D eigenvalue weighted by molar-refractivity contribution is 8.76. The van der Waals surface area contributed by atoms with Gasteiger partial charge < -0.3 is 25.4 Å². The van der Waals surface area contributed by atoms with Gasteiger partial charge >= 0.3 is 0 Å². The van der Waals surface area contributed by atoms with Crippen LogP contribution < -0.4 is 5.32 Å². The van der Waals surface area contributed by atoms with E-state index in [2.05, 4.69) is 27.2 Å². The van der Waals surface area contributed by atoms with Crippen LogP contribution in [0.25, 0.3) is 0 Å². The van der Waals surface area contributed by atoms with Gasteiger partial charge in [0.25, 0.3) is 12.4 Å². The molecule has 4 aliphatic rings. The van der Waals surface area contributed by atoms with Gasteiger partial charge in [-0.15, -0.1) is 0 Å². The molecule has 0 heterocycles. The average Bonchev–Trinajstić information content (AvgIpc) is 3.32. The van der Waals surface area contributed by atoms with Crippen LogP contribution in [0.2, 0.25) is 0 Å². The number of allylic oxidation sites excluding steroid dienone is 1. The topological polar surface area (TPSA) is 175 Å². The summed E-state index contributed by atoms with van der Waals surface area (Å²) in [6.45, 7) is 3.59. The zero-order valence-corrected chi connectivity index (χ0v) is 27.7. The van der Waals surface area contributed by atoms with Crippen molar-refractivity contribution in [2.24, 2.45) is 38.8 Å². The maximum Gasteiger partial charge on any atom is 0.293 e. The van der Waals surface area contributed by atoms with Crippen LogP contribution in [0.3, 0.4) is 0 Å². The second kappa shape index (κ2) is 14.5. The first-order valence-electron chi connectivity index (χ1n) is 15.1. The summed E-state index contributed by atoms with van der Waals surface area (Å²) in [5.74, 6) is -0.613. The molecule has 4 aliphatic carbocycles. The fourth-order valence-electron chi connectivity index (χ4n) is 8.50. The molecule has 3 saturated carbocycles. The van der Waals surface area contributed by atoms with Crippen molar-refractivity contribution in [3.63, 3.8) is 0 Å². The Labute approximate surface area is 271 Å². The minimum Gasteiger partial charge on any atom is -0.456 e. The van der Waals surface area contributed by atoms with Crippen molar-refractivity contribution < 1.29 is 39.2 Å². The van der Waals surface area contributed by atoms with Crippen molar-refractivity contribution in [2.45, 2.75) is 70.1 Å². The van der Waals surface area contributed by atoms with E-state index in [1.807, 2.05) is 13.2 Å². The highest BCUT2D eigenvalue weighted by atomic mass is 33.1. The van der Waals surface area contributed by atoms with Crippen LogP contribution in [0, 0.1) is 28.6 Å². The molecule has 11 nitrogen and oxygen atoms in total. The molecule has 246 valence electrons. The van der Waals surface area contributed by atoms with E-state index in [-0.39, 0.29) is 41.3 Å². The number of aliphatic hydroxyl groups is 3. The minimum atomic E-state index is -1.84. The summed E-state index contributed by atoms with van der Waals surface area (Å²) in [7, 11) is 4.62. The standard InChI is InChI=1S/C29H37N3O6.C3H6O2S2/c1-27-12-10-19(34)14-17(27)6-9-20-21-11-13-29(38,22(35)15-33)28(21,2)25(24(36)23(20)27)32-31-18-7-4-16(5-8-18)26(37)30-3;1-6-7-3-5-2-4/h4-5,7-8,14,20-21,23-25,33,36,38H,6,9-13,15H2,1-3H3,(H,30,37);2H,3H2,1H3/t20-,21-,23+,24+,25?,27-,28+,29-;/m0./s1. The molecule has 5 rings (SSSR count). The molecular weight excluding hydrogens is 618 g/mol. The normalized spacial score (nSPS) is 35.2. The smallest absolute Gasteiger partial charge is 0.293 e. The average molecular weight is 662 g/mol. The molecule has 8 atom stereocenters. The van der Waals surface area contributed by atoms with Crippen LogP contribution in [0.15, 0.2) is 46.1 Å². The first kappa shape index (κ1) is 35.3. The number of aliphatic hydroxyl groups excluding tert-OH is 2. The van der Waals surface area contributed by atoms with Gasteiger partial charge in [0.2, 0.25) is 0 Å². The number of nitrogens with zero attached hydrogens (tertiary/aromatic N) is 2. The quantitative estimate of drug-likeness (QED) is 0.0994. The van der Waals surface area contributed by atoms with Crippen molar-refractivity contribution in [2.75, 3.05) is 25.8 Å². The number of carbonyl (C=O) groups excluding carboxylic acids is 4. The molecule has 0 radical (unpaired) electrons. The number of azo groups is 1. The van der Waals surface area contributed by atoms with Crippen molar-refractivity contribution in [3.8, 4) is 0 Å². The molecule has 0 aliphatic heterocycles. The van der Waals surface area contributed by atoms with Crippen molar-refractivity contribution in [3.05, 3.63) is 41.5 Å². The predicted molar refractivity (Wildman–Crippen MR) is 172 cm³/mol. The summed E-state index contributed by atoms with van der Waals surface area (Å²) in [4.78, 5) is 46.6. The van der Waals surface area contributed by atoms with E-state index in [0.29, 0.717) is 42.9 Å². The maximum absolute atomic E-state index is 13.0. The van der Waals surface area contributed by atoms with Crippen LogP contribution >= 0.6 is 21.6 Å². The van der Waals surface area contributed by atoms with Crippen molar-refractivity contribution in [1.82, 2.24) is 5.32 Å². The molecular formula is C32H43N3O8S2. The molecule has 1 unspecified atom stereocenters. The molecule has 0 aromatic heterocycles. The zero-order chi connectivity index (χ0) is 33.0. The van der Waals surface area contributed by atoms with Gasteiger partial charge in [0.1, 0.15) is 24.2 Å². The van der Waals surface area contributed by atoms with Gasteiger partial charge in [0.05, 0.1) is 11.8 Å². The molecule has 1 aromatic carbocycles. The number of hydrogen-bond donors (Lipinski definition) is 4. The Balaban J connectivity index is 0.000000591. The second-order valence-corrected chi connectivity index (χ2v) is 15.1. The Morgan fingerprint density at radius 3 is 2.49 bits per heavy atom. The number of ketones is 2. The summed E-state index contributed by atoms with van der Waals surface area (Å²) < 4.78 is 4.34. The monoisotopic (exact) mass is 661 g/mol. The summed E-state index contributed by atoms with van der Waals surface area (Å²) >= 11 is 0. The van der Waals surface area contributed by atoms with Gasteiger partial charge in [-0.2, -0.15) is 10.2 Å². The van der Waals surface area contributed by atoms with Crippen molar-refractivity contribution >= 4 is 51.2 Å². The Morgan fingerprint density at radius 2 is 1.87 bits per heavy atom. The van der Waals surface area contributed by atoms with E-state index in [1.54, 1.807) is 48.2 Å². The van der Waals surface area contributed by atoms with Gasteiger partial charge in [-0.3, -0.25) is 19.2 Å². The predicted octanol–water partition coefficient (Wildman–Crippen LogP) is 4.03. The van der Waals surface area contributed by atoms with E-state index in [9.17, 15) is 34.5 Å². The van der Waals surface area contributed by atoms with Crippen LogP contribution in [0.5, 0.6) is 0 Å². The van der Waals surface area contributed by atoms with Gasteiger partial charge in [-0.25, -0.2) is 0 Å². The molecule has 45 heavy (non-hydrogen) atoms. The van der Waals surface area contributed by atoms with E-state index in [0.717, 1.165) is 18.4 Å². The lowest BCUT2D eigenvalue weighted by atomic mass is 9.44. The highest BCUT2D eigenvalue weighted by Crippen LogP contribution is 2.68. The number of fused-ring (bicyclic) bond motifs is 5. The third-order valence-electron chi connectivity index (χ3n) is 10.8. The molecule has 0 saturated heterocycles. The Kier molecular flexibility index (Phi) is 11.3.